The Kier molecular flexibility index (Phi) is 3.34. The number of rotatable bonds is 1. The first-order chi connectivity index (χ1) is 6.75. The van der Waals surface area contributed by atoms with Gasteiger partial charge in [0.25, 0.3) is 0 Å². The van der Waals surface area contributed by atoms with Crippen LogP contribution in [0.15, 0.2) is 48.5 Å². The molecule has 2 aromatic carbocycles. The molecule has 2 aromatic rings. The van der Waals surface area contributed by atoms with Crippen LogP contribution in [0.5, 0.6) is 5.75 Å². The molecule has 0 fully saturated rings. The molecular weight excluding hydrogens is 186 g/mol. The fourth-order valence-electron chi connectivity index (χ4n) is 1.33. The van der Waals surface area contributed by atoms with Gasteiger partial charge in [0, 0.05) is 5.69 Å². The molecule has 2 rings (SSSR count). The van der Waals surface area contributed by atoms with Gasteiger partial charge in [-0.25, -0.2) is 0 Å². The van der Waals surface area contributed by atoms with Gasteiger partial charge in [-0.05, 0) is 35.4 Å². The highest BCUT2D eigenvalue weighted by molar-refractivity contribution is 5.65. The Bertz CT molecular complexity index is 374. The van der Waals surface area contributed by atoms with E-state index in [4.69, 9.17) is 10.8 Å². The van der Waals surface area contributed by atoms with Crippen LogP contribution in [0.1, 0.15) is 7.43 Å². The van der Waals surface area contributed by atoms with Crippen LogP contribution >= 0.6 is 0 Å². The standard InChI is InChI=1S/C12H11NO.CH4/c13-11-5-1-9(2-6-11)10-3-7-12(14)8-4-10;/h1-8,14H,13H2;1H4. The van der Waals surface area contributed by atoms with Crippen molar-refractivity contribution in [3.63, 3.8) is 0 Å². The third kappa shape index (κ3) is 2.50. The molecule has 0 heterocycles. The Morgan fingerprint density at radius 1 is 0.733 bits per heavy atom. The van der Waals surface area contributed by atoms with Crippen LogP contribution in [-0.4, -0.2) is 5.11 Å². The molecule has 0 radical (unpaired) electrons. The van der Waals surface area contributed by atoms with Crippen LogP contribution in [0.3, 0.4) is 0 Å². The first-order valence-electron chi connectivity index (χ1n) is 4.41. The summed E-state index contributed by atoms with van der Waals surface area (Å²) in [6.45, 7) is 0. The van der Waals surface area contributed by atoms with Crippen molar-refractivity contribution >= 4 is 5.69 Å². The van der Waals surface area contributed by atoms with Gasteiger partial charge in [0.1, 0.15) is 5.75 Å². The Morgan fingerprint density at radius 2 is 1.13 bits per heavy atom. The van der Waals surface area contributed by atoms with Crippen molar-refractivity contribution in [2.24, 2.45) is 0 Å². The average Bonchev–Trinajstić information content (AvgIpc) is 2.21. The van der Waals surface area contributed by atoms with Crippen molar-refractivity contribution in [3.8, 4) is 16.9 Å². The number of hydrogen-bond donors (Lipinski definition) is 2. The summed E-state index contributed by atoms with van der Waals surface area (Å²) in [5.74, 6) is 0.282. The summed E-state index contributed by atoms with van der Waals surface area (Å²) in [5, 5.41) is 9.13. The van der Waals surface area contributed by atoms with Crippen molar-refractivity contribution in [2.75, 3.05) is 5.73 Å². The lowest BCUT2D eigenvalue weighted by atomic mass is 10.1. The van der Waals surface area contributed by atoms with E-state index in [1.165, 1.54) is 0 Å². The second-order valence-corrected chi connectivity index (χ2v) is 3.17. The Labute approximate surface area is 90.0 Å². The lowest BCUT2D eigenvalue weighted by Crippen LogP contribution is -1.83. The Balaban J connectivity index is 0.00000112. The quantitative estimate of drug-likeness (QED) is 0.695. The molecule has 0 aromatic heterocycles. The van der Waals surface area contributed by atoms with E-state index in [9.17, 15) is 0 Å². The summed E-state index contributed by atoms with van der Waals surface area (Å²) in [7, 11) is 0. The van der Waals surface area contributed by atoms with Crippen molar-refractivity contribution in [1.29, 1.82) is 0 Å². The zero-order chi connectivity index (χ0) is 9.97. The second kappa shape index (κ2) is 4.51. The molecule has 0 aliphatic heterocycles. The lowest BCUT2D eigenvalue weighted by Gasteiger charge is -2.01. The fourth-order valence-corrected chi connectivity index (χ4v) is 1.33. The highest BCUT2D eigenvalue weighted by Gasteiger charge is 1.96. The second-order valence-electron chi connectivity index (χ2n) is 3.17. The van der Waals surface area contributed by atoms with E-state index >= 15 is 0 Å². The third-order valence-electron chi connectivity index (χ3n) is 2.11. The zero-order valence-electron chi connectivity index (χ0n) is 7.64. The summed E-state index contributed by atoms with van der Waals surface area (Å²) in [5.41, 5.74) is 8.51. The summed E-state index contributed by atoms with van der Waals surface area (Å²) < 4.78 is 0. The largest absolute Gasteiger partial charge is 0.508 e. The van der Waals surface area contributed by atoms with Crippen molar-refractivity contribution < 1.29 is 5.11 Å². The van der Waals surface area contributed by atoms with Gasteiger partial charge < -0.3 is 10.8 Å². The minimum atomic E-state index is 0. The summed E-state index contributed by atoms with van der Waals surface area (Å²) in [4.78, 5) is 0. The topological polar surface area (TPSA) is 46.2 Å². The van der Waals surface area contributed by atoms with Gasteiger partial charge in [-0.2, -0.15) is 0 Å². The molecule has 2 heteroatoms. The van der Waals surface area contributed by atoms with Gasteiger partial charge in [0.15, 0.2) is 0 Å². The first-order valence-corrected chi connectivity index (χ1v) is 4.41. The van der Waals surface area contributed by atoms with E-state index in [0.717, 1.165) is 16.8 Å². The molecule has 0 saturated carbocycles. The van der Waals surface area contributed by atoms with Gasteiger partial charge >= 0.3 is 0 Å². The van der Waals surface area contributed by atoms with Crippen LogP contribution in [-0.2, 0) is 0 Å². The number of anilines is 1. The molecule has 0 saturated heterocycles. The van der Waals surface area contributed by atoms with Crippen LogP contribution < -0.4 is 5.73 Å². The number of benzene rings is 2. The van der Waals surface area contributed by atoms with Crippen molar-refractivity contribution in [1.82, 2.24) is 0 Å². The molecule has 3 N–H and O–H groups in total. The molecule has 2 nitrogen and oxygen atoms in total. The third-order valence-corrected chi connectivity index (χ3v) is 2.11. The van der Waals surface area contributed by atoms with E-state index < -0.39 is 0 Å². The molecule has 0 spiro atoms. The number of phenolic OH excluding ortho intramolecular Hbond substituents is 1. The maximum absolute atomic E-state index is 9.13. The fraction of sp³-hybridized carbons (Fsp3) is 0.0769. The predicted molar refractivity (Wildman–Crippen MR) is 64.7 cm³/mol. The molecule has 78 valence electrons. The Morgan fingerprint density at radius 3 is 1.60 bits per heavy atom. The normalized spacial score (nSPS) is 9.33. The summed E-state index contributed by atoms with van der Waals surface area (Å²) in [6, 6.07) is 14.7. The molecule has 15 heavy (non-hydrogen) atoms. The minimum absolute atomic E-state index is 0. The highest BCUT2D eigenvalue weighted by Crippen LogP contribution is 2.22. The van der Waals surface area contributed by atoms with Crippen LogP contribution in [0, 0.1) is 0 Å². The zero-order valence-corrected chi connectivity index (χ0v) is 7.64. The van der Waals surface area contributed by atoms with Gasteiger partial charge in [0.2, 0.25) is 0 Å². The number of phenols is 1. The minimum Gasteiger partial charge on any atom is -0.508 e. The number of nitrogens with two attached hydrogens (primary N) is 1. The lowest BCUT2D eigenvalue weighted by molar-refractivity contribution is 0.475. The predicted octanol–water partition coefficient (Wildman–Crippen LogP) is 3.28. The molecule has 0 amide bonds. The molecule has 0 unspecified atom stereocenters. The van der Waals surface area contributed by atoms with E-state index in [0.29, 0.717) is 0 Å². The molecule has 0 bridgehead atoms. The molecule has 0 atom stereocenters. The summed E-state index contributed by atoms with van der Waals surface area (Å²) in [6.07, 6.45) is 0. The number of hydrogen-bond acceptors (Lipinski definition) is 2. The maximum atomic E-state index is 9.13. The molecular formula is C13H15NO. The van der Waals surface area contributed by atoms with Gasteiger partial charge in [-0.15, -0.1) is 0 Å². The Hall–Kier alpha value is -1.96. The molecule has 0 aliphatic rings. The van der Waals surface area contributed by atoms with Crippen molar-refractivity contribution in [2.45, 2.75) is 7.43 Å². The SMILES string of the molecule is C.Nc1ccc(-c2ccc(O)cc2)cc1. The highest BCUT2D eigenvalue weighted by atomic mass is 16.3. The molecule has 0 aliphatic carbocycles. The van der Waals surface area contributed by atoms with Gasteiger partial charge in [-0.1, -0.05) is 31.7 Å². The summed E-state index contributed by atoms with van der Waals surface area (Å²) >= 11 is 0. The van der Waals surface area contributed by atoms with Crippen LogP contribution in [0.2, 0.25) is 0 Å². The van der Waals surface area contributed by atoms with E-state index in [2.05, 4.69) is 0 Å². The van der Waals surface area contributed by atoms with E-state index in [1.807, 2.05) is 36.4 Å². The van der Waals surface area contributed by atoms with Crippen LogP contribution in [0.25, 0.3) is 11.1 Å². The monoisotopic (exact) mass is 201 g/mol. The number of aromatic hydroxyl groups is 1. The van der Waals surface area contributed by atoms with E-state index in [-0.39, 0.29) is 13.2 Å². The smallest absolute Gasteiger partial charge is 0.115 e. The maximum Gasteiger partial charge on any atom is 0.115 e. The van der Waals surface area contributed by atoms with Gasteiger partial charge in [-0.3, -0.25) is 0 Å². The number of nitrogen functional groups attached to an aromatic ring is 1. The van der Waals surface area contributed by atoms with Crippen LogP contribution in [0.4, 0.5) is 5.69 Å². The van der Waals surface area contributed by atoms with Gasteiger partial charge in [0.05, 0.1) is 0 Å². The first kappa shape index (κ1) is 11.1. The average molecular weight is 201 g/mol. The van der Waals surface area contributed by atoms with Crippen molar-refractivity contribution in [3.05, 3.63) is 48.5 Å². The van der Waals surface area contributed by atoms with E-state index in [1.54, 1.807) is 12.1 Å².